The molecule has 0 spiro atoms. The molecule has 0 bridgehead atoms. The molecule has 0 radical (unpaired) electrons. The fraction of sp³-hybridized carbons (Fsp3) is 0.529. The molecule has 26 heavy (non-hydrogen) atoms. The summed E-state index contributed by atoms with van der Waals surface area (Å²) in [5.74, 6) is 0.961. The van der Waals surface area contributed by atoms with Crippen LogP contribution in [0.3, 0.4) is 0 Å². The van der Waals surface area contributed by atoms with Crippen LogP contribution in [0.1, 0.15) is 35.2 Å². The third kappa shape index (κ3) is 3.72. The first-order valence-electron chi connectivity index (χ1n) is 8.73. The number of rotatable bonds is 3. The molecule has 4 rings (SSSR count). The second-order valence-electron chi connectivity index (χ2n) is 6.57. The first-order chi connectivity index (χ1) is 12.2. The molecule has 2 aliphatic heterocycles. The van der Waals surface area contributed by atoms with Crippen LogP contribution in [0.25, 0.3) is 11.6 Å². The zero-order chi connectivity index (χ0) is 17.2. The number of likely N-dealkylation sites (N-methyl/N-ethyl adjacent to an activating group) is 1. The summed E-state index contributed by atoms with van der Waals surface area (Å²) >= 11 is 0. The van der Waals surface area contributed by atoms with Crippen LogP contribution in [0, 0.1) is 0 Å². The standard InChI is InChI=1S/C17H22N6O2.ClH/c1-22-10-7-18-11-14(22)15-20-16(25-21-15)12-5-4-6-13(19-12)17(24)23-8-2-3-9-23;/h4-6,14,18H,2-3,7-11H2,1H3;1H. The maximum Gasteiger partial charge on any atom is 0.276 e. The molecule has 4 heterocycles. The van der Waals surface area contributed by atoms with E-state index in [0.29, 0.717) is 23.1 Å². The minimum absolute atomic E-state index is 0. The van der Waals surface area contributed by atoms with Gasteiger partial charge < -0.3 is 14.7 Å². The third-order valence-electron chi connectivity index (χ3n) is 4.83. The smallest absolute Gasteiger partial charge is 0.276 e. The molecule has 2 saturated heterocycles. The number of amides is 1. The Kier molecular flexibility index (Phi) is 5.85. The average molecular weight is 379 g/mol. The van der Waals surface area contributed by atoms with E-state index in [1.807, 2.05) is 11.0 Å². The maximum absolute atomic E-state index is 12.5. The van der Waals surface area contributed by atoms with E-state index < -0.39 is 0 Å². The number of carbonyl (C=O) groups excluding carboxylic acids is 1. The van der Waals surface area contributed by atoms with Gasteiger partial charge in [0.25, 0.3) is 11.8 Å². The number of nitrogens with one attached hydrogen (secondary N) is 1. The van der Waals surface area contributed by atoms with E-state index in [-0.39, 0.29) is 24.4 Å². The Hall–Kier alpha value is -2.03. The number of hydrogen-bond donors (Lipinski definition) is 1. The number of nitrogens with zero attached hydrogens (tertiary/aromatic N) is 5. The van der Waals surface area contributed by atoms with Crippen molar-refractivity contribution < 1.29 is 9.32 Å². The van der Waals surface area contributed by atoms with Crippen LogP contribution in [0.2, 0.25) is 0 Å². The molecule has 1 N–H and O–H groups in total. The summed E-state index contributed by atoms with van der Waals surface area (Å²) in [5, 5.41) is 7.45. The van der Waals surface area contributed by atoms with Crippen molar-refractivity contribution in [3.63, 3.8) is 0 Å². The van der Waals surface area contributed by atoms with E-state index in [1.165, 1.54) is 0 Å². The van der Waals surface area contributed by atoms with Gasteiger partial charge in [0.05, 0.1) is 6.04 Å². The molecule has 2 fully saturated rings. The topological polar surface area (TPSA) is 87.4 Å². The van der Waals surface area contributed by atoms with Crippen LogP contribution < -0.4 is 5.32 Å². The van der Waals surface area contributed by atoms with Gasteiger partial charge in [-0.3, -0.25) is 9.69 Å². The highest BCUT2D eigenvalue weighted by atomic mass is 35.5. The Labute approximate surface area is 158 Å². The van der Waals surface area contributed by atoms with E-state index >= 15 is 0 Å². The molecule has 0 saturated carbocycles. The molecule has 2 aliphatic rings. The highest BCUT2D eigenvalue weighted by molar-refractivity contribution is 5.92. The molecule has 140 valence electrons. The van der Waals surface area contributed by atoms with Crippen LogP contribution in [-0.2, 0) is 0 Å². The van der Waals surface area contributed by atoms with Gasteiger partial charge in [-0.05, 0) is 32.0 Å². The minimum Gasteiger partial charge on any atom is -0.337 e. The SMILES string of the molecule is CN1CCNCC1c1noc(-c2cccc(C(=O)N3CCCC3)n2)n1.Cl. The first-order valence-corrected chi connectivity index (χ1v) is 8.73. The van der Waals surface area contributed by atoms with Crippen LogP contribution in [0.4, 0.5) is 0 Å². The number of likely N-dealkylation sites (tertiary alicyclic amines) is 1. The number of hydrogen-bond acceptors (Lipinski definition) is 7. The van der Waals surface area contributed by atoms with Crippen LogP contribution in [0.5, 0.6) is 0 Å². The van der Waals surface area contributed by atoms with Gasteiger partial charge in [0.15, 0.2) is 5.82 Å². The lowest BCUT2D eigenvalue weighted by atomic mass is 10.2. The molecule has 1 atom stereocenters. The largest absolute Gasteiger partial charge is 0.337 e. The lowest BCUT2D eigenvalue weighted by molar-refractivity contribution is 0.0787. The first kappa shape index (κ1) is 18.8. The monoisotopic (exact) mass is 378 g/mol. The predicted octanol–water partition coefficient (Wildman–Crippen LogP) is 1.37. The summed E-state index contributed by atoms with van der Waals surface area (Å²) in [6.45, 7) is 4.29. The van der Waals surface area contributed by atoms with Crippen molar-refractivity contribution in [3.05, 3.63) is 29.7 Å². The Morgan fingerprint density at radius 3 is 2.81 bits per heavy atom. The van der Waals surface area contributed by atoms with Crippen LogP contribution in [0.15, 0.2) is 22.7 Å². The average Bonchev–Trinajstić information content (AvgIpc) is 3.34. The summed E-state index contributed by atoms with van der Waals surface area (Å²) < 4.78 is 5.41. The van der Waals surface area contributed by atoms with E-state index in [4.69, 9.17) is 4.52 Å². The van der Waals surface area contributed by atoms with E-state index in [0.717, 1.165) is 45.6 Å². The molecular weight excluding hydrogens is 356 g/mol. The van der Waals surface area contributed by atoms with Gasteiger partial charge in [0, 0.05) is 32.7 Å². The van der Waals surface area contributed by atoms with Crippen LogP contribution in [-0.4, -0.2) is 70.6 Å². The zero-order valence-corrected chi connectivity index (χ0v) is 15.5. The number of carbonyl (C=O) groups is 1. The Balaban J connectivity index is 0.00000196. The second-order valence-corrected chi connectivity index (χ2v) is 6.57. The van der Waals surface area contributed by atoms with Crippen molar-refractivity contribution in [1.82, 2.24) is 30.2 Å². The second kappa shape index (κ2) is 8.11. The molecule has 9 heteroatoms. The molecule has 2 aromatic heterocycles. The normalized spacial score (nSPS) is 20.8. The summed E-state index contributed by atoms with van der Waals surface area (Å²) in [6, 6.07) is 5.42. The van der Waals surface area contributed by atoms with Gasteiger partial charge in [0.1, 0.15) is 11.4 Å². The van der Waals surface area contributed by atoms with Gasteiger partial charge in [-0.15, -0.1) is 12.4 Å². The molecular formula is C17H23ClN6O2. The summed E-state index contributed by atoms with van der Waals surface area (Å²) in [7, 11) is 2.05. The van der Waals surface area contributed by atoms with Gasteiger partial charge >= 0.3 is 0 Å². The van der Waals surface area contributed by atoms with Crippen molar-refractivity contribution in [2.75, 3.05) is 39.8 Å². The molecule has 1 unspecified atom stereocenters. The highest BCUT2D eigenvalue weighted by Crippen LogP contribution is 2.22. The third-order valence-corrected chi connectivity index (χ3v) is 4.83. The fourth-order valence-electron chi connectivity index (χ4n) is 3.32. The van der Waals surface area contributed by atoms with Gasteiger partial charge in [-0.2, -0.15) is 4.98 Å². The van der Waals surface area contributed by atoms with Crippen molar-refractivity contribution in [1.29, 1.82) is 0 Å². The lowest BCUT2D eigenvalue weighted by Gasteiger charge is -2.30. The molecule has 1 amide bonds. The van der Waals surface area contributed by atoms with Gasteiger partial charge in [-0.1, -0.05) is 11.2 Å². The van der Waals surface area contributed by atoms with E-state index in [2.05, 4.69) is 32.4 Å². The fourth-order valence-corrected chi connectivity index (χ4v) is 3.32. The van der Waals surface area contributed by atoms with Crippen LogP contribution >= 0.6 is 12.4 Å². The van der Waals surface area contributed by atoms with Gasteiger partial charge in [-0.25, -0.2) is 4.98 Å². The summed E-state index contributed by atoms with van der Waals surface area (Å²) in [4.78, 5) is 25.5. The Bertz CT molecular complexity index is 761. The Morgan fingerprint density at radius 1 is 1.23 bits per heavy atom. The van der Waals surface area contributed by atoms with Crippen molar-refractivity contribution in [2.24, 2.45) is 0 Å². The molecule has 8 nitrogen and oxygen atoms in total. The Morgan fingerprint density at radius 2 is 2.04 bits per heavy atom. The molecule has 0 aromatic carbocycles. The molecule has 2 aromatic rings. The number of halogens is 1. The predicted molar refractivity (Wildman–Crippen MR) is 98.2 cm³/mol. The number of piperazine rings is 1. The number of aromatic nitrogens is 3. The maximum atomic E-state index is 12.5. The van der Waals surface area contributed by atoms with Crippen molar-refractivity contribution >= 4 is 18.3 Å². The summed E-state index contributed by atoms with van der Waals surface area (Å²) in [5.41, 5.74) is 0.964. The minimum atomic E-state index is -0.0321. The van der Waals surface area contributed by atoms with E-state index in [1.54, 1.807) is 12.1 Å². The molecule has 0 aliphatic carbocycles. The van der Waals surface area contributed by atoms with E-state index in [9.17, 15) is 4.79 Å². The highest BCUT2D eigenvalue weighted by Gasteiger charge is 2.26. The lowest BCUT2D eigenvalue weighted by Crippen LogP contribution is -2.44. The van der Waals surface area contributed by atoms with Crippen molar-refractivity contribution in [3.8, 4) is 11.6 Å². The summed E-state index contributed by atoms with van der Waals surface area (Å²) in [6.07, 6.45) is 2.11. The van der Waals surface area contributed by atoms with Crippen molar-refractivity contribution in [2.45, 2.75) is 18.9 Å². The quantitative estimate of drug-likeness (QED) is 0.862. The zero-order valence-electron chi connectivity index (χ0n) is 14.7. The van der Waals surface area contributed by atoms with Gasteiger partial charge in [0.2, 0.25) is 0 Å². The number of pyridine rings is 1.